The van der Waals surface area contributed by atoms with Gasteiger partial charge in [0.25, 0.3) is 5.91 Å². The summed E-state index contributed by atoms with van der Waals surface area (Å²) in [6, 6.07) is 19.9. The van der Waals surface area contributed by atoms with E-state index in [0.717, 1.165) is 37.8 Å². The van der Waals surface area contributed by atoms with Gasteiger partial charge in [0.05, 0.1) is 35.2 Å². The number of nitrogens with zero attached hydrogens (tertiary/aromatic N) is 1. The van der Waals surface area contributed by atoms with Crippen molar-refractivity contribution in [1.29, 1.82) is 0 Å². The van der Waals surface area contributed by atoms with Crippen molar-refractivity contribution in [1.82, 2.24) is 5.32 Å². The maximum absolute atomic E-state index is 13.5. The Morgan fingerprint density at radius 2 is 1.88 bits per heavy atom. The topological polar surface area (TPSA) is 41.5 Å². The van der Waals surface area contributed by atoms with Crippen LogP contribution in [0.15, 0.2) is 117 Å². The highest BCUT2D eigenvalue weighted by Crippen LogP contribution is 2.41. The summed E-state index contributed by atoms with van der Waals surface area (Å²) in [5.41, 5.74) is 5.65. The Balaban J connectivity index is 1.49. The highest BCUT2D eigenvalue weighted by Gasteiger charge is 2.20. The second-order valence-electron chi connectivity index (χ2n) is 7.70. The average Bonchev–Trinajstić information content (AvgIpc) is 3.00. The highest BCUT2D eigenvalue weighted by molar-refractivity contribution is 7.99. The highest BCUT2D eigenvalue weighted by atomic mass is 32.2. The van der Waals surface area contributed by atoms with Crippen molar-refractivity contribution in [3.8, 4) is 0 Å². The van der Waals surface area contributed by atoms with Gasteiger partial charge in [0.15, 0.2) is 0 Å². The first-order valence-electron chi connectivity index (χ1n) is 10.5. The molecule has 0 aromatic heterocycles. The largest absolute Gasteiger partial charge is 0.337 e. The number of benzene rings is 3. The van der Waals surface area contributed by atoms with E-state index in [4.69, 9.17) is 4.99 Å². The number of carbonyl (C=O) groups is 1. The Kier molecular flexibility index (Phi) is 5.71. The van der Waals surface area contributed by atoms with Crippen LogP contribution in [0, 0.1) is 12.2 Å². The van der Waals surface area contributed by atoms with Crippen LogP contribution in [0.5, 0.6) is 0 Å². The zero-order valence-electron chi connectivity index (χ0n) is 17.7. The molecule has 0 atom stereocenters. The molecule has 1 N–H and O–H groups in total. The lowest BCUT2D eigenvalue weighted by Gasteiger charge is -2.09. The van der Waals surface area contributed by atoms with Crippen LogP contribution in [0.4, 0.5) is 10.1 Å². The molecule has 3 aromatic carbocycles. The molecule has 0 spiro atoms. The van der Waals surface area contributed by atoms with Gasteiger partial charge in [-0.05, 0) is 48.5 Å². The van der Waals surface area contributed by atoms with Crippen molar-refractivity contribution in [2.45, 2.75) is 9.79 Å². The van der Waals surface area contributed by atoms with Gasteiger partial charge in [-0.1, -0.05) is 36.5 Å². The standard InChI is InChI=1S/C28H19FN2OS/c1-18-6-2-3-7-21(18)17-30-28(32)20-12-15-26-24(16-20)31-27(19-10-13-22(29)14-11-19)23-8-4-5-9-25(23)33-26/h2-16H,1,17H2/p+1. The van der Waals surface area contributed by atoms with E-state index < -0.39 is 0 Å². The molecule has 160 valence electrons. The van der Waals surface area contributed by atoms with Crippen LogP contribution >= 0.6 is 11.8 Å². The number of carbonyl (C=O) groups excluding carboxylic acids is 1. The number of fused-ring (bicyclic) bond motifs is 2. The molecule has 1 aliphatic carbocycles. The van der Waals surface area contributed by atoms with Crippen LogP contribution in [0.2, 0.25) is 0 Å². The van der Waals surface area contributed by atoms with Crippen LogP contribution in [0.25, 0.3) is 0 Å². The molecule has 1 heterocycles. The number of nitrogens with one attached hydrogen (secondary N) is 1. The van der Waals surface area contributed by atoms with Gasteiger partial charge in [-0.15, -0.1) is 0 Å². The van der Waals surface area contributed by atoms with Crippen LogP contribution in [-0.4, -0.2) is 18.2 Å². The quantitative estimate of drug-likeness (QED) is 0.363. The van der Waals surface area contributed by atoms with Crippen molar-refractivity contribution < 1.29 is 9.18 Å². The number of hydrogen-bond acceptors (Lipinski definition) is 3. The minimum atomic E-state index is -0.293. The van der Waals surface area contributed by atoms with Gasteiger partial charge >= 0.3 is 0 Å². The number of rotatable bonds is 4. The summed E-state index contributed by atoms with van der Waals surface area (Å²) < 4.78 is 13.5. The van der Waals surface area contributed by atoms with Gasteiger partial charge in [-0.3, -0.25) is 4.79 Å². The lowest BCUT2D eigenvalue weighted by Crippen LogP contribution is -2.26. The van der Waals surface area contributed by atoms with E-state index >= 15 is 0 Å². The number of halogens is 1. The van der Waals surface area contributed by atoms with Gasteiger partial charge < -0.3 is 5.32 Å². The summed E-state index contributed by atoms with van der Waals surface area (Å²) in [5.74, 6) is -0.467. The molecule has 3 aromatic rings. The van der Waals surface area contributed by atoms with E-state index in [9.17, 15) is 9.18 Å². The molecule has 0 saturated heterocycles. The van der Waals surface area contributed by atoms with E-state index in [1.54, 1.807) is 23.9 Å². The lowest BCUT2D eigenvalue weighted by atomic mass is 10.0. The number of hydrogen-bond donors (Lipinski definition) is 1. The average molecular weight is 452 g/mol. The van der Waals surface area contributed by atoms with Crippen molar-refractivity contribution in [3.05, 3.63) is 132 Å². The molecule has 0 unspecified atom stereocenters. The third-order valence-electron chi connectivity index (χ3n) is 5.49. The second kappa shape index (κ2) is 8.96. The first-order valence-corrected chi connectivity index (χ1v) is 11.3. The van der Waals surface area contributed by atoms with Gasteiger partial charge in [-0.25, -0.2) is 9.38 Å². The zero-order valence-corrected chi connectivity index (χ0v) is 18.5. The predicted molar refractivity (Wildman–Crippen MR) is 132 cm³/mol. The van der Waals surface area contributed by atoms with E-state index in [-0.39, 0.29) is 11.7 Å². The number of allylic oxidation sites excluding steroid dienone is 3. The smallest absolute Gasteiger partial charge is 0.252 e. The Morgan fingerprint density at radius 3 is 2.70 bits per heavy atom. The summed E-state index contributed by atoms with van der Waals surface area (Å²) in [6.07, 6.45) is 7.73. The van der Waals surface area contributed by atoms with Gasteiger partial charge in [0.1, 0.15) is 5.82 Å². The first-order chi connectivity index (χ1) is 16.1. The molecular formula is C28H20FN2OS+. The second-order valence-corrected chi connectivity index (χ2v) is 8.78. The minimum Gasteiger partial charge on any atom is -0.337 e. The van der Waals surface area contributed by atoms with Crippen molar-refractivity contribution in [2.24, 2.45) is 4.99 Å². The monoisotopic (exact) mass is 451 g/mol. The van der Waals surface area contributed by atoms with Crippen molar-refractivity contribution >= 4 is 29.1 Å². The minimum absolute atomic E-state index is 0.175. The Labute approximate surface area is 196 Å². The summed E-state index contributed by atoms with van der Waals surface area (Å²) in [5, 5.41) is 2.97. The SMILES string of the molecule is C=C1C=C[CH+]C=C1CNC(=O)c1ccc2c(c1)N=C(c1ccc(F)cc1)c1ccccc1S2. The molecule has 1 aliphatic heterocycles. The van der Waals surface area contributed by atoms with E-state index in [1.807, 2.05) is 67.1 Å². The van der Waals surface area contributed by atoms with E-state index in [0.29, 0.717) is 17.8 Å². The summed E-state index contributed by atoms with van der Waals surface area (Å²) in [7, 11) is 0. The normalized spacial score (nSPS) is 14.3. The van der Waals surface area contributed by atoms with Crippen LogP contribution in [0.1, 0.15) is 21.5 Å². The van der Waals surface area contributed by atoms with Crippen LogP contribution in [-0.2, 0) is 0 Å². The first kappa shape index (κ1) is 21.0. The molecule has 5 rings (SSSR count). The molecule has 2 aliphatic rings. The maximum atomic E-state index is 13.5. The molecule has 3 nitrogen and oxygen atoms in total. The summed E-state index contributed by atoms with van der Waals surface area (Å²) in [4.78, 5) is 19.8. The number of amides is 1. The Hall–Kier alpha value is -3.83. The predicted octanol–water partition coefficient (Wildman–Crippen LogP) is 6.45. The fraction of sp³-hybridized carbons (Fsp3) is 0.0357. The molecule has 0 bridgehead atoms. The van der Waals surface area contributed by atoms with Crippen molar-refractivity contribution in [3.63, 3.8) is 0 Å². The molecule has 33 heavy (non-hydrogen) atoms. The molecule has 0 radical (unpaired) electrons. The molecule has 0 saturated carbocycles. The fourth-order valence-electron chi connectivity index (χ4n) is 3.72. The third-order valence-corrected chi connectivity index (χ3v) is 6.63. The van der Waals surface area contributed by atoms with E-state index in [2.05, 4.69) is 11.9 Å². The summed E-state index contributed by atoms with van der Waals surface area (Å²) >= 11 is 1.61. The molecular weight excluding hydrogens is 431 g/mol. The van der Waals surface area contributed by atoms with Gasteiger partial charge in [0.2, 0.25) is 0 Å². The van der Waals surface area contributed by atoms with Crippen LogP contribution < -0.4 is 5.32 Å². The van der Waals surface area contributed by atoms with Crippen LogP contribution in [0.3, 0.4) is 0 Å². The number of aliphatic imine (C=N–C) groups is 1. The third kappa shape index (κ3) is 4.41. The van der Waals surface area contributed by atoms with Gasteiger partial charge in [0, 0.05) is 45.1 Å². The molecule has 1 amide bonds. The van der Waals surface area contributed by atoms with Gasteiger partial charge in [-0.2, -0.15) is 0 Å². The zero-order chi connectivity index (χ0) is 22.8. The fourth-order valence-corrected chi connectivity index (χ4v) is 4.72. The molecule has 0 fully saturated rings. The Morgan fingerprint density at radius 1 is 1.06 bits per heavy atom. The molecule has 5 heteroatoms. The summed E-state index contributed by atoms with van der Waals surface area (Å²) in [6.45, 7) is 4.41. The maximum Gasteiger partial charge on any atom is 0.252 e. The van der Waals surface area contributed by atoms with Crippen molar-refractivity contribution in [2.75, 3.05) is 6.54 Å². The van der Waals surface area contributed by atoms with E-state index in [1.165, 1.54) is 12.1 Å². The lowest BCUT2D eigenvalue weighted by molar-refractivity contribution is 0.0957. The Bertz CT molecular complexity index is 1350.